The molecule has 16 heavy (non-hydrogen) atoms. The highest BCUT2D eigenvalue weighted by atomic mass is 16.2. The highest BCUT2D eigenvalue weighted by Gasteiger charge is 2.27. The van der Waals surface area contributed by atoms with Gasteiger partial charge in [-0.05, 0) is 30.5 Å². The summed E-state index contributed by atoms with van der Waals surface area (Å²) in [6.45, 7) is 4.92. The minimum atomic E-state index is -0.0501. The van der Waals surface area contributed by atoms with E-state index in [-0.39, 0.29) is 24.7 Å². The topological polar surface area (TPSA) is 37.4 Å². The van der Waals surface area contributed by atoms with Gasteiger partial charge in [0, 0.05) is 6.54 Å². The third-order valence-corrected chi connectivity index (χ3v) is 3.15. The van der Waals surface area contributed by atoms with Crippen molar-refractivity contribution < 1.29 is 9.59 Å². The van der Waals surface area contributed by atoms with Gasteiger partial charge in [0.25, 0.3) is 0 Å². The maximum atomic E-state index is 11.5. The van der Waals surface area contributed by atoms with Crippen molar-refractivity contribution in [3.63, 3.8) is 0 Å². The molecule has 1 heterocycles. The average molecular weight is 217 g/mol. The van der Waals surface area contributed by atoms with Gasteiger partial charge in [-0.3, -0.25) is 9.59 Å². The molecule has 1 aromatic rings. The van der Waals surface area contributed by atoms with Crippen molar-refractivity contribution in [2.75, 3.05) is 6.54 Å². The molecule has 3 nitrogen and oxygen atoms in total. The van der Waals surface area contributed by atoms with Crippen LogP contribution in [-0.2, 0) is 16.1 Å². The van der Waals surface area contributed by atoms with E-state index in [1.165, 1.54) is 11.1 Å². The van der Waals surface area contributed by atoms with E-state index in [1.54, 1.807) is 4.90 Å². The molecule has 1 aliphatic rings. The van der Waals surface area contributed by atoms with Gasteiger partial charge in [-0.15, -0.1) is 0 Å². The first-order valence-electron chi connectivity index (χ1n) is 5.42. The van der Waals surface area contributed by atoms with E-state index in [9.17, 15) is 9.59 Å². The van der Waals surface area contributed by atoms with Gasteiger partial charge >= 0.3 is 0 Å². The number of benzene rings is 1. The fraction of sp³-hybridized carbons (Fsp3) is 0.385. The van der Waals surface area contributed by atoms with Gasteiger partial charge in [-0.1, -0.05) is 18.2 Å². The number of hydrogen-bond acceptors (Lipinski definition) is 2. The van der Waals surface area contributed by atoms with Crippen LogP contribution in [0.25, 0.3) is 0 Å². The van der Waals surface area contributed by atoms with Gasteiger partial charge in [0.2, 0.25) is 5.91 Å². The van der Waals surface area contributed by atoms with E-state index in [4.69, 9.17) is 0 Å². The molecule has 2 rings (SSSR count). The summed E-state index contributed by atoms with van der Waals surface area (Å²) in [5.41, 5.74) is 3.55. The van der Waals surface area contributed by atoms with Crippen molar-refractivity contribution in [3.05, 3.63) is 34.9 Å². The van der Waals surface area contributed by atoms with Crippen LogP contribution >= 0.6 is 0 Å². The number of nitrogens with zero attached hydrogens (tertiary/aromatic N) is 1. The first-order chi connectivity index (χ1) is 7.58. The van der Waals surface area contributed by atoms with Gasteiger partial charge in [0.1, 0.15) is 0 Å². The van der Waals surface area contributed by atoms with Crippen LogP contribution in [0.15, 0.2) is 18.2 Å². The molecule has 1 aliphatic heterocycles. The number of carbonyl (C=O) groups is 2. The number of hydrogen-bond donors (Lipinski definition) is 0. The standard InChI is InChI=1S/C13H15NO2/c1-9-4-3-5-11(10(9)2)7-14-8-12(15)6-13(14)16/h3-5H,6-8H2,1-2H3. The second-order valence-electron chi connectivity index (χ2n) is 4.32. The number of ketones is 1. The van der Waals surface area contributed by atoms with E-state index >= 15 is 0 Å². The molecule has 3 heteroatoms. The minimum absolute atomic E-state index is 0.0234. The molecule has 1 fully saturated rings. The quantitative estimate of drug-likeness (QED) is 0.706. The van der Waals surface area contributed by atoms with Crippen molar-refractivity contribution in [1.29, 1.82) is 0 Å². The molecule has 0 spiro atoms. The molecular weight excluding hydrogens is 202 g/mol. The third-order valence-electron chi connectivity index (χ3n) is 3.15. The summed E-state index contributed by atoms with van der Waals surface area (Å²) >= 11 is 0. The van der Waals surface area contributed by atoms with Crippen LogP contribution in [-0.4, -0.2) is 23.1 Å². The Bertz CT molecular complexity index is 451. The Morgan fingerprint density at radius 1 is 1.25 bits per heavy atom. The number of Topliss-reactive ketones (excluding diaryl/α,β-unsaturated/α-hetero) is 1. The van der Waals surface area contributed by atoms with Gasteiger partial charge in [-0.25, -0.2) is 0 Å². The van der Waals surface area contributed by atoms with Gasteiger partial charge in [0.15, 0.2) is 5.78 Å². The van der Waals surface area contributed by atoms with Crippen LogP contribution < -0.4 is 0 Å². The van der Waals surface area contributed by atoms with Gasteiger partial charge in [0.05, 0.1) is 13.0 Å². The first-order valence-corrected chi connectivity index (χ1v) is 5.42. The number of amides is 1. The van der Waals surface area contributed by atoms with Crippen molar-refractivity contribution in [2.24, 2.45) is 0 Å². The monoisotopic (exact) mass is 217 g/mol. The fourth-order valence-corrected chi connectivity index (χ4v) is 1.97. The molecule has 0 saturated carbocycles. The molecule has 0 unspecified atom stereocenters. The minimum Gasteiger partial charge on any atom is -0.331 e. The van der Waals surface area contributed by atoms with Crippen molar-refractivity contribution >= 4 is 11.7 Å². The molecule has 84 valence electrons. The largest absolute Gasteiger partial charge is 0.331 e. The van der Waals surface area contributed by atoms with E-state index in [2.05, 4.69) is 13.0 Å². The molecule has 1 saturated heterocycles. The smallest absolute Gasteiger partial charge is 0.230 e. The number of rotatable bonds is 2. The molecule has 0 radical (unpaired) electrons. The van der Waals surface area contributed by atoms with Crippen LogP contribution in [0.3, 0.4) is 0 Å². The summed E-state index contributed by atoms with van der Waals surface area (Å²) in [6.07, 6.45) is 0.0743. The zero-order valence-corrected chi connectivity index (χ0v) is 9.62. The highest BCUT2D eigenvalue weighted by Crippen LogP contribution is 2.17. The summed E-state index contributed by atoms with van der Waals surface area (Å²) in [5.74, 6) is -0.0267. The van der Waals surface area contributed by atoms with E-state index in [1.807, 2.05) is 19.1 Å². The summed E-state index contributed by atoms with van der Waals surface area (Å²) in [4.78, 5) is 24.3. The maximum absolute atomic E-state index is 11.5. The normalized spacial score (nSPS) is 16.0. The Labute approximate surface area is 95.1 Å². The lowest BCUT2D eigenvalue weighted by atomic mass is 10.0. The zero-order valence-electron chi connectivity index (χ0n) is 9.62. The predicted octanol–water partition coefficient (Wildman–Crippen LogP) is 1.60. The Morgan fingerprint density at radius 3 is 2.62 bits per heavy atom. The summed E-state index contributed by atoms with van der Waals surface area (Å²) in [5, 5.41) is 0. The molecule has 0 bridgehead atoms. The number of aryl methyl sites for hydroxylation is 1. The summed E-state index contributed by atoms with van der Waals surface area (Å²) in [7, 11) is 0. The lowest BCUT2D eigenvalue weighted by molar-refractivity contribution is -0.128. The summed E-state index contributed by atoms with van der Waals surface area (Å²) in [6, 6.07) is 6.05. The second kappa shape index (κ2) is 4.08. The number of likely N-dealkylation sites (tertiary alicyclic amines) is 1. The van der Waals surface area contributed by atoms with E-state index < -0.39 is 0 Å². The molecular formula is C13H15NO2. The van der Waals surface area contributed by atoms with Gasteiger partial charge < -0.3 is 4.90 Å². The fourth-order valence-electron chi connectivity index (χ4n) is 1.97. The lowest BCUT2D eigenvalue weighted by Crippen LogP contribution is -2.25. The molecule has 0 aliphatic carbocycles. The van der Waals surface area contributed by atoms with E-state index in [0.717, 1.165) is 5.56 Å². The summed E-state index contributed by atoms with van der Waals surface area (Å²) < 4.78 is 0. The van der Waals surface area contributed by atoms with Crippen LogP contribution in [0.2, 0.25) is 0 Å². The maximum Gasteiger partial charge on any atom is 0.230 e. The van der Waals surface area contributed by atoms with Crippen LogP contribution in [0.5, 0.6) is 0 Å². The third kappa shape index (κ3) is 1.98. The second-order valence-corrected chi connectivity index (χ2v) is 4.32. The van der Waals surface area contributed by atoms with Crippen molar-refractivity contribution in [3.8, 4) is 0 Å². The molecule has 1 aromatic carbocycles. The predicted molar refractivity (Wildman–Crippen MR) is 61.0 cm³/mol. The van der Waals surface area contributed by atoms with Gasteiger partial charge in [-0.2, -0.15) is 0 Å². The molecule has 0 N–H and O–H groups in total. The lowest BCUT2D eigenvalue weighted by Gasteiger charge is -2.17. The SMILES string of the molecule is Cc1cccc(CN2CC(=O)CC2=O)c1C. The molecule has 0 aromatic heterocycles. The average Bonchev–Trinajstić information content (AvgIpc) is 2.53. The first kappa shape index (κ1) is 10.9. The van der Waals surface area contributed by atoms with Crippen LogP contribution in [0.1, 0.15) is 23.1 Å². The Kier molecular flexibility index (Phi) is 2.77. The Balaban J connectivity index is 2.18. The van der Waals surface area contributed by atoms with Crippen LogP contribution in [0.4, 0.5) is 0 Å². The van der Waals surface area contributed by atoms with Crippen molar-refractivity contribution in [1.82, 2.24) is 4.90 Å². The Hall–Kier alpha value is -1.64. The van der Waals surface area contributed by atoms with E-state index in [0.29, 0.717) is 6.54 Å². The van der Waals surface area contributed by atoms with Crippen LogP contribution in [0, 0.1) is 13.8 Å². The highest BCUT2D eigenvalue weighted by molar-refractivity contribution is 6.05. The molecule has 0 atom stereocenters. The zero-order chi connectivity index (χ0) is 11.7. The number of carbonyl (C=O) groups excluding carboxylic acids is 2. The Morgan fingerprint density at radius 2 is 2.00 bits per heavy atom. The van der Waals surface area contributed by atoms with Crippen molar-refractivity contribution in [2.45, 2.75) is 26.8 Å². The molecule has 1 amide bonds.